The molecule has 1 amide bonds. The van der Waals surface area contributed by atoms with Gasteiger partial charge in [0.05, 0.1) is 5.75 Å². The number of allylic oxidation sites excluding steroid dienone is 1. The molecule has 0 radical (unpaired) electrons. The molecule has 168 valence electrons. The van der Waals surface area contributed by atoms with Gasteiger partial charge >= 0.3 is 0 Å². The Hall–Kier alpha value is -2.77. The van der Waals surface area contributed by atoms with Gasteiger partial charge in [-0.15, -0.1) is 16.8 Å². The minimum atomic E-state index is -0.345. The number of carbonyl (C=O) groups is 1. The Labute approximate surface area is 198 Å². The van der Waals surface area contributed by atoms with Crippen LogP contribution in [0.2, 0.25) is 5.02 Å². The van der Waals surface area contributed by atoms with E-state index in [0.717, 1.165) is 23.2 Å². The monoisotopic (exact) mass is 470 g/mol. The van der Waals surface area contributed by atoms with Gasteiger partial charge in [0, 0.05) is 17.3 Å². The average Bonchev–Trinajstić information content (AvgIpc) is 3.18. The maximum Gasteiger partial charge on any atom is 0.234 e. The third-order valence-corrected chi connectivity index (χ3v) is 6.26. The lowest BCUT2D eigenvalue weighted by atomic mass is 10.1. The third-order valence-electron chi connectivity index (χ3n) is 4.87. The van der Waals surface area contributed by atoms with Crippen molar-refractivity contribution in [2.45, 2.75) is 45.0 Å². The van der Waals surface area contributed by atoms with Crippen molar-refractivity contribution < 1.29 is 9.53 Å². The Kier molecular flexibility index (Phi) is 8.36. The van der Waals surface area contributed by atoms with E-state index >= 15 is 0 Å². The standard InChI is InChI=1S/C24H27ClN4O2S/c1-5-13-29-23(17(4)31-19-11-12-20(25)16(3)14-19)27-28-24(29)32-15-22(30)26-21-10-8-7-9-18(21)6-2/h5,7-12,14,17H,1,6,13,15H2,2-4H3,(H,26,30). The lowest BCUT2D eigenvalue weighted by molar-refractivity contribution is -0.113. The summed E-state index contributed by atoms with van der Waals surface area (Å²) in [6.45, 7) is 10.2. The second-order valence-corrected chi connectivity index (χ2v) is 8.61. The van der Waals surface area contributed by atoms with E-state index in [1.165, 1.54) is 11.8 Å². The van der Waals surface area contributed by atoms with Crippen molar-refractivity contribution in [2.75, 3.05) is 11.1 Å². The van der Waals surface area contributed by atoms with Crippen LogP contribution in [0.5, 0.6) is 5.75 Å². The first-order valence-corrected chi connectivity index (χ1v) is 11.8. The van der Waals surface area contributed by atoms with E-state index in [-0.39, 0.29) is 17.8 Å². The smallest absolute Gasteiger partial charge is 0.234 e. The van der Waals surface area contributed by atoms with Crippen LogP contribution in [-0.4, -0.2) is 26.4 Å². The van der Waals surface area contributed by atoms with Crippen molar-refractivity contribution in [3.8, 4) is 5.75 Å². The molecule has 1 unspecified atom stereocenters. The van der Waals surface area contributed by atoms with E-state index in [1.54, 1.807) is 6.08 Å². The summed E-state index contributed by atoms with van der Waals surface area (Å²) < 4.78 is 7.98. The van der Waals surface area contributed by atoms with E-state index in [1.807, 2.05) is 60.9 Å². The third kappa shape index (κ3) is 5.93. The van der Waals surface area contributed by atoms with Gasteiger partial charge in [0.1, 0.15) is 5.75 Å². The number of nitrogens with one attached hydrogen (secondary N) is 1. The van der Waals surface area contributed by atoms with Crippen molar-refractivity contribution in [3.63, 3.8) is 0 Å². The van der Waals surface area contributed by atoms with Crippen LogP contribution in [0.3, 0.4) is 0 Å². The molecule has 0 fully saturated rings. The molecule has 1 N–H and O–H groups in total. The molecule has 1 atom stereocenters. The molecule has 0 saturated heterocycles. The molecule has 0 saturated carbocycles. The van der Waals surface area contributed by atoms with Gasteiger partial charge in [-0.25, -0.2) is 0 Å². The summed E-state index contributed by atoms with van der Waals surface area (Å²) in [6.07, 6.45) is 2.28. The Balaban J connectivity index is 1.69. The number of thioether (sulfide) groups is 1. The lowest BCUT2D eigenvalue weighted by Gasteiger charge is -2.16. The van der Waals surface area contributed by atoms with Crippen LogP contribution < -0.4 is 10.1 Å². The Morgan fingerprint density at radius 1 is 1.31 bits per heavy atom. The second-order valence-electron chi connectivity index (χ2n) is 7.26. The summed E-state index contributed by atoms with van der Waals surface area (Å²) in [5, 5.41) is 12.9. The van der Waals surface area contributed by atoms with Crippen LogP contribution in [0.25, 0.3) is 0 Å². The second kappa shape index (κ2) is 11.2. The number of ether oxygens (including phenoxy) is 1. The van der Waals surface area contributed by atoms with Gasteiger partial charge in [-0.3, -0.25) is 9.36 Å². The van der Waals surface area contributed by atoms with Crippen molar-refractivity contribution in [1.82, 2.24) is 14.8 Å². The molecule has 1 aromatic heterocycles. The number of para-hydroxylation sites is 1. The van der Waals surface area contributed by atoms with E-state index in [4.69, 9.17) is 16.3 Å². The molecule has 0 bridgehead atoms. The topological polar surface area (TPSA) is 69.0 Å². The minimum absolute atomic E-state index is 0.0912. The number of carbonyl (C=O) groups excluding carboxylic acids is 1. The molecular formula is C24H27ClN4O2S. The van der Waals surface area contributed by atoms with Gasteiger partial charge in [0.25, 0.3) is 0 Å². The number of hydrogen-bond donors (Lipinski definition) is 1. The Bertz CT molecular complexity index is 1100. The molecule has 8 heteroatoms. The predicted molar refractivity (Wildman–Crippen MR) is 131 cm³/mol. The molecule has 1 heterocycles. The molecule has 0 aliphatic rings. The normalized spacial score (nSPS) is 11.8. The summed E-state index contributed by atoms with van der Waals surface area (Å²) in [7, 11) is 0. The molecule has 0 aliphatic heterocycles. The van der Waals surface area contributed by atoms with Crippen molar-refractivity contribution in [3.05, 3.63) is 77.1 Å². The lowest BCUT2D eigenvalue weighted by Crippen LogP contribution is -2.16. The van der Waals surface area contributed by atoms with Crippen LogP contribution in [0, 0.1) is 6.92 Å². The quantitative estimate of drug-likeness (QED) is 0.297. The van der Waals surface area contributed by atoms with Crippen LogP contribution in [0.4, 0.5) is 5.69 Å². The van der Waals surface area contributed by atoms with Crippen LogP contribution in [0.15, 0.2) is 60.3 Å². The highest BCUT2D eigenvalue weighted by molar-refractivity contribution is 7.99. The predicted octanol–water partition coefficient (Wildman–Crippen LogP) is 5.86. The van der Waals surface area contributed by atoms with Gasteiger partial charge in [0.15, 0.2) is 17.1 Å². The first-order chi connectivity index (χ1) is 15.4. The maximum absolute atomic E-state index is 12.5. The number of benzene rings is 2. The Morgan fingerprint density at radius 3 is 2.81 bits per heavy atom. The van der Waals surface area contributed by atoms with Gasteiger partial charge in [0.2, 0.25) is 5.91 Å². The molecule has 32 heavy (non-hydrogen) atoms. The molecule has 6 nitrogen and oxygen atoms in total. The van der Waals surface area contributed by atoms with Crippen molar-refractivity contribution in [1.29, 1.82) is 0 Å². The number of aromatic nitrogens is 3. The van der Waals surface area contributed by atoms with E-state index in [2.05, 4.69) is 29.0 Å². The maximum atomic E-state index is 12.5. The minimum Gasteiger partial charge on any atom is -0.483 e. The Morgan fingerprint density at radius 2 is 2.09 bits per heavy atom. The van der Waals surface area contributed by atoms with Gasteiger partial charge in [-0.2, -0.15) is 0 Å². The fourth-order valence-corrected chi connectivity index (χ4v) is 4.09. The largest absolute Gasteiger partial charge is 0.483 e. The van der Waals surface area contributed by atoms with Gasteiger partial charge < -0.3 is 10.1 Å². The highest BCUT2D eigenvalue weighted by Gasteiger charge is 2.20. The number of nitrogens with zero attached hydrogens (tertiary/aromatic N) is 3. The summed E-state index contributed by atoms with van der Waals surface area (Å²) >= 11 is 7.44. The zero-order valence-corrected chi connectivity index (χ0v) is 20.0. The molecular weight excluding hydrogens is 444 g/mol. The zero-order chi connectivity index (χ0) is 23.1. The molecule has 3 aromatic rings. The first-order valence-electron chi connectivity index (χ1n) is 10.4. The SMILES string of the molecule is C=CCn1c(SCC(=O)Nc2ccccc2CC)nnc1C(C)Oc1ccc(Cl)c(C)c1. The highest BCUT2D eigenvalue weighted by Crippen LogP contribution is 2.27. The number of anilines is 1. The fraction of sp³-hybridized carbons (Fsp3) is 0.292. The van der Waals surface area contributed by atoms with E-state index in [9.17, 15) is 4.79 Å². The van der Waals surface area contributed by atoms with Crippen LogP contribution >= 0.6 is 23.4 Å². The number of amides is 1. The van der Waals surface area contributed by atoms with E-state index in [0.29, 0.717) is 28.3 Å². The highest BCUT2D eigenvalue weighted by atomic mass is 35.5. The number of rotatable bonds is 10. The van der Waals surface area contributed by atoms with Crippen molar-refractivity contribution in [2.24, 2.45) is 0 Å². The van der Waals surface area contributed by atoms with Crippen molar-refractivity contribution >= 4 is 35.0 Å². The zero-order valence-electron chi connectivity index (χ0n) is 18.5. The summed E-state index contributed by atoms with van der Waals surface area (Å²) in [4.78, 5) is 12.5. The van der Waals surface area contributed by atoms with E-state index < -0.39 is 0 Å². The number of halogens is 1. The first kappa shape index (κ1) is 23.9. The van der Waals surface area contributed by atoms with Crippen LogP contribution in [0.1, 0.15) is 36.9 Å². The molecule has 3 rings (SSSR count). The van der Waals surface area contributed by atoms with Gasteiger partial charge in [-0.1, -0.05) is 54.6 Å². The molecule has 0 spiro atoms. The van der Waals surface area contributed by atoms with Gasteiger partial charge in [-0.05, 0) is 55.7 Å². The number of aryl methyl sites for hydroxylation is 2. The number of hydrogen-bond acceptors (Lipinski definition) is 5. The summed E-state index contributed by atoms with van der Waals surface area (Å²) in [5.74, 6) is 1.50. The summed E-state index contributed by atoms with van der Waals surface area (Å²) in [5.41, 5.74) is 2.89. The molecule has 2 aromatic carbocycles. The van der Waals surface area contributed by atoms with Crippen LogP contribution in [-0.2, 0) is 17.8 Å². The fourth-order valence-electron chi connectivity index (χ4n) is 3.22. The molecule has 0 aliphatic carbocycles. The summed E-state index contributed by atoms with van der Waals surface area (Å²) in [6, 6.07) is 13.3. The average molecular weight is 471 g/mol.